The molecule has 0 unspecified atom stereocenters. The van der Waals surface area contributed by atoms with E-state index in [1.165, 1.54) is 25.3 Å². The van der Waals surface area contributed by atoms with E-state index < -0.39 is 16.0 Å². The molecule has 0 amide bonds. The van der Waals surface area contributed by atoms with Crippen molar-refractivity contribution in [1.29, 1.82) is 0 Å². The highest BCUT2D eigenvalue weighted by molar-refractivity contribution is 7.89. The zero-order chi connectivity index (χ0) is 15.2. The summed E-state index contributed by atoms with van der Waals surface area (Å²) in [6, 6.07) is 3.92. The van der Waals surface area contributed by atoms with Gasteiger partial charge in [0.2, 0.25) is 10.0 Å². The molecule has 0 aliphatic rings. The quantitative estimate of drug-likeness (QED) is 0.578. The lowest BCUT2D eigenvalue weighted by Gasteiger charge is -2.09. The maximum Gasteiger partial charge on any atom is 0.337 e. The molecule has 0 aromatic heterocycles. The van der Waals surface area contributed by atoms with E-state index >= 15 is 0 Å². The minimum Gasteiger partial charge on any atom is -0.465 e. The highest BCUT2D eigenvalue weighted by Crippen LogP contribution is 2.22. The minimum absolute atomic E-state index is 0.0194. The number of benzene rings is 1. The average Bonchev–Trinajstić information content (AvgIpc) is 2.42. The zero-order valence-corrected chi connectivity index (χ0v) is 12.8. The van der Waals surface area contributed by atoms with Gasteiger partial charge in [-0.15, -0.1) is 0 Å². The molecule has 0 saturated carbocycles. The van der Waals surface area contributed by atoms with Gasteiger partial charge in [0.05, 0.1) is 17.7 Å². The number of nitrogens with one attached hydrogen (secondary N) is 2. The Kier molecular flexibility index (Phi) is 6.41. The summed E-state index contributed by atoms with van der Waals surface area (Å²) in [6.07, 6.45) is 0.660. The van der Waals surface area contributed by atoms with Crippen LogP contribution in [0.5, 0.6) is 0 Å². The lowest BCUT2D eigenvalue weighted by Crippen LogP contribution is -2.27. The molecule has 0 fully saturated rings. The Morgan fingerprint density at radius 3 is 2.60 bits per heavy atom. The molecule has 0 heterocycles. The van der Waals surface area contributed by atoms with Gasteiger partial charge < -0.3 is 10.1 Å². The van der Waals surface area contributed by atoms with Crippen LogP contribution in [0.4, 0.5) is 0 Å². The molecular weight excluding hydrogens is 304 g/mol. The Labute approximate surface area is 123 Å². The predicted molar refractivity (Wildman–Crippen MR) is 76.5 cm³/mol. The molecule has 0 spiro atoms. The van der Waals surface area contributed by atoms with Gasteiger partial charge in [-0.2, -0.15) is 0 Å². The van der Waals surface area contributed by atoms with Gasteiger partial charge in [-0.25, -0.2) is 17.9 Å². The predicted octanol–water partition coefficient (Wildman–Crippen LogP) is 1.01. The number of sulfonamides is 1. The van der Waals surface area contributed by atoms with Crippen molar-refractivity contribution in [2.45, 2.75) is 11.3 Å². The first-order chi connectivity index (χ1) is 9.42. The van der Waals surface area contributed by atoms with Gasteiger partial charge in [0.25, 0.3) is 0 Å². The van der Waals surface area contributed by atoms with Crippen molar-refractivity contribution >= 4 is 27.6 Å². The van der Waals surface area contributed by atoms with Gasteiger partial charge in [-0.3, -0.25) is 0 Å². The van der Waals surface area contributed by atoms with Gasteiger partial charge in [0.15, 0.2) is 0 Å². The number of halogens is 1. The second kappa shape index (κ2) is 7.58. The van der Waals surface area contributed by atoms with Crippen LogP contribution >= 0.6 is 11.6 Å². The van der Waals surface area contributed by atoms with E-state index in [0.29, 0.717) is 19.5 Å². The number of carbonyl (C=O) groups excluding carboxylic acids is 1. The van der Waals surface area contributed by atoms with Crippen LogP contribution in [-0.4, -0.2) is 41.6 Å². The maximum absolute atomic E-state index is 12.0. The summed E-state index contributed by atoms with van der Waals surface area (Å²) in [6.45, 7) is 1.01. The number of ether oxygens (including phenoxy) is 1. The summed E-state index contributed by atoms with van der Waals surface area (Å²) < 4.78 is 31.1. The van der Waals surface area contributed by atoms with Gasteiger partial charge in [0.1, 0.15) is 4.90 Å². The van der Waals surface area contributed by atoms with Crippen molar-refractivity contribution in [3.63, 3.8) is 0 Å². The molecule has 0 aliphatic carbocycles. The maximum atomic E-state index is 12.0. The third kappa shape index (κ3) is 4.45. The molecule has 0 atom stereocenters. The fourth-order valence-electron chi connectivity index (χ4n) is 1.51. The largest absolute Gasteiger partial charge is 0.465 e. The Hall–Kier alpha value is -1.15. The van der Waals surface area contributed by atoms with Crippen LogP contribution in [0.3, 0.4) is 0 Å². The molecular formula is C12H17ClN2O4S. The van der Waals surface area contributed by atoms with Crippen molar-refractivity contribution in [2.24, 2.45) is 0 Å². The smallest absolute Gasteiger partial charge is 0.337 e. The molecule has 20 heavy (non-hydrogen) atoms. The van der Waals surface area contributed by atoms with Crippen LogP contribution in [-0.2, 0) is 14.8 Å². The first kappa shape index (κ1) is 16.9. The van der Waals surface area contributed by atoms with Crippen molar-refractivity contribution in [1.82, 2.24) is 10.0 Å². The fourth-order valence-corrected chi connectivity index (χ4v) is 3.13. The summed E-state index contributed by atoms with van der Waals surface area (Å²) in [5.74, 6) is -0.571. The molecule has 0 bridgehead atoms. The van der Waals surface area contributed by atoms with Crippen LogP contribution in [0.15, 0.2) is 23.1 Å². The Bertz CT molecular complexity index is 575. The molecule has 1 rings (SSSR count). The van der Waals surface area contributed by atoms with E-state index in [-0.39, 0.29) is 15.5 Å². The van der Waals surface area contributed by atoms with E-state index in [2.05, 4.69) is 14.8 Å². The number of methoxy groups -OCH3 is 1. The highest BCUT2D eigenvalue weighted by atomic mass is 35.5. The zero-order valence-electron chi connectivity index (χ0n) is 11.3. The van der Waals surface area contributed by atoms with E-state index in [9.17, 15) is 13.2 Å². The van der Waals surface area contributed by atoms with Crippen molar-refractivity contribution in [2.75, 3.05) is 27.2 Å². The summed E-state index contributed by atoms with van der Waals surface area (Å²) in [5.41, 5.74) is 0.201. The number of hydrogen-bond acceptors (Lipinski definition) is 5. The standard InChI is InChI=1S/C12H17ClN2O4S/c1-14-6-3-7-15-20(17,18)11-5-4-9(8-10(11)13)12(16)19-2/h4-5,8,14-15H,3,6-7H2,1-2H3. The van der Waals surface area contributed by atoms with Crippen LogP contribution in [0, 0.1) is 0 Å². The Balaban J connectivity index is 2.88. The summed E-state index contributed by atoms with van der Waals surface area (Å²) in [4.78, 5) is 11.3. The molecule has 112 valence electrons. The number of rotatable bonds is 7. The van der Waals surface area contributed by atoms with E-state index in [1.54, 1.807) is 7.05 Å². The van der Waals surface area contributed by atoms with Crippen LogP contribution in [0.1, 0.15) is 16.8 Å². The molecule has 6 nitrogen and oxygen atoms in total. The summed E-state index contributed by atoms with van der Waals surface area (Å²) in [7, 11) is -0.654. The van der Waals surface area contributed by atoms with Crippen LogP contribution in [0.2, 0.25) is 5.02 Å². The fraction of sp³-hybridized carbons (Fsp3) is 0.417. The summed E-state index contributed by atoms with van der Waals surface area (Å²) in [5, 5.41) is 2.90. The SMILES string of the molecule is CNCCCNS(=O)(=O)c1ccc(C(=O)OC)cc1Cl. The van der Waals surface area contributed by atoms with Crippen molar-refractivity contribution in [3.05, 3.63) is 28.8 Å². The number of carbonyl (C=O) groups is 1. The van der Waals surface area contributed by atoms with Gasteiger partial charge >= 0.3 is 5.97 Å². The third-order valence-electron chi connectivity index (χ3n) is 2.54. The average molecular weight is 321 g/mol. The monoisotopic (exact) mass is 320 g/mol. The molecule has 8 heteroatoms. The first-order valence-corrected chi connectivity index (χ1v) is 7.80. The van der Waals surface area contributed by atoms with E-state index in [4.69, 9.17) is 11.6 Å². The van der Waals surface area contributed by atoms with Crippen LogP contribution in [0.25, 0.3) is 0 Å². The molecule has 0 aliphatic heterocycles. The Morgan fingerprint density at radius 1 is 1.35 bits per heavy atom. The molecule has 0 saturated heterocycles. The second-order valence-electron chi connectivity index (χ2n) is 3.99. The molecule has 1 aromatic carbocycles. The minimum atomic E-state index is -3.68. The molecule has 2 N–H and O–H groups in total. The normalized spacial score (nSPS) is 11.3. The third-order valence-corrected chi connectivity index (χ3v) is 4.48. The topological polar surface area (TPSA) is 84.5 Å². The van der Waals surface area contributed by atoms with Crippen molar-refractivity contribution < 1.29 is 17.9 Å². The van der Waals surface area contributed by atoms with Gasteiger partial charge in [-0.05, 0) is 38.2 Å². The summed E-state index contributed by atoms with van der Waals surface area (Å²) >= 11 is 5.92. The first-order valence-electron chi connectivity index (χ1n) is 5.94. The Morgan fingerprint density at radius 2 is 2.05 bits per heavy atom. The number of esters is 1. The lowest BCUT2D eigenvalue weighted by atomic mass is 10.2. The highest BCUT2D eigenvalue weighted by Gasteiger charge is 2.19. The van der Waals surface area contributed by atoms with Gasteiger partial charge in [0, 0.05) is 6.54 Å². The molecule has 1 aromatic rings. The molecule has 0 radical (unpaired) electrons. The second-order valence-corrected chi connectivity index (χ2v) is 6.13. The lowest BCUT2D eigenvalue weighted by molar-refractivity contribution is 0.0600. The van der Waals surface area contributed by atoms with Gasteiger partial charge in [-0.1, -0.05) is 11.6 Å². The van der Waals surface area contributed by atoms with Crippen molar-refractivity contribution in [3.8, 4) is 0 Å². The van der Waals surface area contributed by atoms with E-state index in [0.717, 1.165) is 0 Å². The number of hydrogen-bond donors (Lipinski definition) is 2. The van der Waals surface area contributed by atoms with Crippen LogP contribution < -0.4 is 10.0 Å². The van der Waals surface area contributed by atoms with E-state index in [1.807, 2.05) is 0 Å².